The van der Waals surface area contributed by atoms with E-state index in [0.29, 0.717) is 6.04 Å². The van der Waals surface area contributed by atoms with Crippen LogP contribution in [-0.4, -0.2) is 21.9 Å². The molecule has 1 fully saturated rings. The highest BCUT2D eigenvalue weighted by Gasteiger charge is 2.17. The van der Waals surface area contributed by atoms with E-state index >= 15 is 0 Å². The summed E-state index contributed by atoms with van der Waals surface area (Å²) in [4.78, 5) is 8.71. The van der Waals surface area contributed by atoms with Crippen LogP contribution in [0.4, 0.5) is 0 Å². The Bertz CT molecular complexity index is 390. The SMILES string of the molecule is CCC1CSC(=NCc2cnccc2C)N1. The van der Waals surface area contributed by atoms with Gasteiger partial charge in [0.1, 0.15) is 0 Å². The predicted molar refractivity (Wildman–Crippen MR) is 69.8 cm³/mol. The highest BCUT2D eigenvalue weighted by molar-refractivity contribution is 8.14. The summed E-state index contributed by atoms with van der Waals surface area (Å²) >= 11 is 1.82. The maximum atomic E-state index is 4.58. The summed E-state index contributed by atoms with van der Waals surface area (Å²) in [5, 5.41) is 4.50. The Morgan fingerprint density at radius 3 is 3.19 bits per heavy atom. The lowest BCUT2D eigenvalue weighted by atomic mass is 10.2. The molecule has 1 atom stereocenters. The van der Waals surface area contributed by atoms with Gasteiger partial charge in [-0.15, -0.1) is 0 Å². The Labute approximate surface area is 101 Å². The van der Waals surface area contributed by atoms with Crippen LogP contribution in [-0.2, 0) is 6.54 Å². The second-order valence-corrected chi connectivity index (χ2v) is 4.99. The van der Waals surface area contributed by atoms with Crippen LogP contribution in [0.5, 0.6) is 0 Å². The number of aryl methyl sites for hydroxylation is 1. The molecule has 1 N–H and O–H groups in total. The van der Waals surface area contributed by atoms with Crippen molar-refractivity contribution in [3.63, 3.8) is 0 Å². The van der Waals surface area contributed by atoms with Gasteiger partial charge in [-0.1, -0.05) is 18.7 Å². The zero-order valence-corrected chi connectivity index (χ0v) is 10.5. The van der Waals surface area contributed by atoms with Crippen LogP contribution >= 0.6 is 11.8 Å². The Kier molecular flexibility index (Phi) is 3.83. The molecule has 1 saturated heterocycles. The van der Waals surface area contributed by atoms with Gasteiger partial charge in [-0.2, -0.15) is 0 Å². The van der Waals surface area contributed by atoms with Gasteiger partial charge in [0, 0.05) is 24.2 Å². The molecule has 0 amide bonds. The molecule has 0 spiro atoms. The molecule has 2 heterocycles. The van der Waals surface area contributed by atoms with Crippen LogP contribution in [0.2, 0.25) is 0 Å². The minimum atomic E-state index is 0.596. The minimum Gasteiger partial charge on any atom is -0.361 e. The third-order valence-corrected chi connectivity index (χ3v) is 3.87. The van der Waals surface area contributed by atoms with E-state index in [1.807, 2.05) is 30.2 Å². The number of hydrogen-bond acceptors (Lipinski definition) is 3. The van der Waals surface area contributed by atoms with Crippen molar-refractivity contribution in [1.82, 2.24) is 10.3 Å². The molecule has 1 aliphatic heterocycles. The van der Waals surface area contributed by atoms with Gasteiger partial charge in [0.2, 0.25) is 0 Å². The van der Waals surface area contributed by atoms with Gasteiger partial charge in [-0.25, -0.2) is 0 Å². The zero-order valence-electron chi connectivity index (χ0n) is 9.73. The highest BCUT2D eigenvalue weighted by Crippen LogP contribution is 2.16. The zero-order chi connectivity index (χ0) is 11.4. The molecule has 0 saturated carbocycles. The number of aromatic nitrogens is 1. The predicted octanol–water partition coefficient (Wildman–Crippen LogP) is 2.36. The third-order valence-electron chi connectivity index (χ3n) is 2.78. The summed E-state index contributed by atoms with van der Waals surface area (Å²) in [5.41, 5.74) is 2.46. The quantitative estimate of drug-likeness (QED) is 0.874. The smallest absolute Gasteiger partial charge is 0.157 e. The summed E-state index contributed by atoms with van der Waals surface area (Å²) in [6, 6.07) is 2.62. The van der Waals surface area contributed by atoms with Crippen molar-refractivity contribution in [3.8, 4) is 0 Å². The van der Waals surface area contributed by atoms with Crippen LogP contribution < -0.4 is 5.32 Å². The Morgan fingerprint density at radius 1 is 1.62 bits per heavy atom. The van der Waals surface area contributed by atoms with E-state index in [-0.39, 0.29) is 0 Å². The van der Waals surface area contributed by atoms with Crippen LogP contribution in [0, 0.1) is 6.92 Å². The lowest BCUT2D eigenvalue weighted by Gasteiger charge is -2.05. The lowest BCUT2D eigenvalue weighted by Crippen LogP contribution is -2.25. The summed E-state index contributed by atoms with van der Waals surface area (Å²) in [6.07, 6.45) is 4.88. The molecule has 1 aliphatic rings. The van der Waals surface area contributed by atoms with Crippen LogP contribution in [0.15, 0.2) is 23.5 Å². The summed E-state index contributed by atoms with van der Waals surface area (Å²) in [6.45, 7) is 5.03. The Balaban J connectivity index is 1.97. The molecule has 3 nitrogen and oxygen atoms in total. The van der Waals surface area contributed by atoms with E-state index in [2.05, 4.69) is 29.1 Å². The number of rotatable bonds is 3. The third kappa shape index (κ3) is 2.76. The van der Waals surface area contributed by atoms with Crippen molar-refractivity contribution in [3.05, 3.63) is 29.6 Å². The average Bonchev–Trinajstić information content (AvgIpc) is 2.76. The maximum absolute atomic E-state index is 4.58. The molecule has 86 valence electrons. The summed E-state index contributed by atoms with van der Waals surface area (Å²) in [5.74, 6) is 1.14. The van der Waals surface area contributed by atoms with Crippen molar-refractivity contribution in [2.75, 3.05) is 5.75 Å². The average molecular weight is 235 g/mol. The monoisotopic (exact) mass is 235 g/mol. The second-order valence-electron chi connectivity index (χ2n) is 3.98. The van der Waals surface area contributed by atoms with E-state index < -0.39 is 0 Å². The minimum absolute atomic E-state index is 0.596. The number of hydrogen-bond donors (Lipinski definition) is 1. The van der Waals surface area contributed by atoms with Crippen molar-refractivity contribution in [2.45, 2.75) is 32.9 Å². The van der Waals surface area contributed by atoms with E-state index in [1.54, 1.807) is 0 Å². The highest BCUT2D eigenvalue weighted by atomic mass is 32.2. The molecule has 0 aliphatic carbocycles. The maximum Gasteiger partial charge on any atom is 0.157 e. The van der Waals surface area contributed by atoms with Crippen LogP contribution in [0.25, 0.3) is 0 Å². The van der Waals surface area contributed by atoms with E-state index in [0.717, 1.165) is 23.9 Å². The molecule has 2 rings (SSSR count). The van der Waals surface area contributed by atoms with E-state index in [4.69, 9.17) is 0 Å². The van der Waals surface area contributed by atoms with E-state index in [9.17, 15) is 0 Å². The Morgan fingerprint density at radius 2 is 2.50 bits per heavy atom. The number of nitrogens with one attached hydrogen (secondary N) is 1. The van der Waals surface area contributed by atoms with Gasteiger partial charge in [-0.05, 0) is 30.5 Å². The van der Waals surface area contributed by atoms with Crippen LogP contribution in [0.1, 0.15) is 24.5 Å². The normalized spacial score (nSPS) is 22.4. The van der Waals surface area contributed by atoms with Gasteiger partial charge >= 0.3 is 0 Å². The van der Waals surface area contributed by atoms with E-state index in [1.165, 1.54) is 11.1 Å². The van der Waals surface area contributed by atoms with Crippen molar-refractivity contribution in [1.29, 1.82) is 0 Å². The number of amidine groups is 1. The first kappa shape index (κ1) is 11.5. The molecule has 0 bridgehead atoms. The van der Waals surface area contributed by atoms with Gasteiger partial charge in [0.15, 0.2) is 5.17 Å². The standard InChI is InChI=1S/C12H17N3S/c1-3-11-8-16-12(15-11)14-7-10-6-13-5-4-9(10)2/h4-6,11H,3,7-8H2,1-2H3,(H,14,15). The van der Waals surface area contributed by atoms with Gasteiger partial charge in [0.05, 0.1) is 6.54 Å². The molecule has 1 aromatic heterocycles. The number of pyridine rings is 1. The fourth-order valence-corrected chi connectivity index (χ4v) is 2.65. The molecular formula is C12H17N3S. The second kappa shape index (κ2) is 5.34. The topological polar surface area (TPSA) is 37.3 Å². The lowest BCUT2D eigenvalue weighted by molar-refractivity contribution is 0.667. The molecule has 1 unspecified atom stereocenters. The number of aliphatic imine (C=N–C) groups is 1. The first-order chi connectivity index (χ1) is 7.79. The Hall–Kier alpha value is -1.03. The van der Waals surface area contributed by atoms with Crippen molar-refractivity contribution < 1.29 is 0 Å². The van der Waals surface area contributed by atoms with Gasteiger partial charge in [0.25, 0.3) is 0 Å². The molecule has 16 heavy (non-hydrogen) atoms. The molecule has 0 radical (unpaired) electrons. The van der Waals surface area contributed by atoms with Crippen LogP contribution in [0.3, 0.4) is 0 Å². The van der Waals surface area contributed by atoms with Gasteiger partial charge < -0.3 is 5.32 Å². The fraction of sp³-hybridized carbons (Fsp3) is 0.500. The molecule has 0 aromatic carbocycles. The number of nitrogens with zero attached hydrogens (tertiary/aromatic N) is 2. The largest absolute Gasteiger partial charge is 0.361 e. The number of thioether (sulfide) groups is 1. The first-order valence-electron chi connectivity index (χ1n) is 5.63. The first-order valence-corrected chi connectivity index (χ1v) is 6.61. The molecular weight excluding hydrogens is 218 g/mol. The van der Waals surface area contributed by atoms with Crippen molar-refractivity contribution in [2.24, 2.45) is 4.99 Å². The molecule has 4 heteroatoms. The van der Waals surface area contributed by atoms with Crippen molar-refractivity contribution >= 4 is 16.9 Å². The summed E-state index contributed by atoms with van der Waals surface area (Å²) < 4.78 is 0. The summed E-state index contributed by atoms with van der Waals surface area (Å²) in [7, 11) is 0. The van der Waals surface area contributed by atoms with Gasteiger partial charge in [-0.3, -0.25) is 9.98 Å². The molecule has 1 aromatic rings. The fourth-order valence-electron chi connectivity index (χ4n) is 1.57.